The summed E-state index contributed by atoms with van der Waals surface area (Å²) in [4.78, 5) is 28.1. The summed E-state index contributed by atoms with van der Waals surface area (Å²) in [5.74, 6) is -1.09. The van der Waals surface area contributed by atoms with E-state index in [-0.39, 0.29) is 24.5 Å². The number of aliphatic hydroxyl groups excluding tert-OH is 1. The Labute approximate surface area is 92.8 Å². The van der Waals surface area contributed by atoms with Gasteiger partial charge in [-0.3, -0.25) is 19.7 Å². The van der Waals surface area contributed by atoms with Crippen LogP contribution in [-0.4, -0.2) is 41.2 Å². The number of nitrogens with one attached hydrogen (secondary N) is 1. The Bertz CT molecular complexity index is 353. The highest BCUT2D eigenvalue weighted by Crippen LogP contribution is 2.21. The van der Waals surface area contributed by atoms with E-state index in [1.807, 2.05) is 0 Å². The molecule has 0 radical (unpaired) electrons. The second kappa shape index (κ2) is 4.23. The normalized spacial score (nSPS) is 30.4. The molecule has 88 valence electrons. The van der Waals surface area contributed by atoms with Crippen LogP contribution in [0.1, 0.15) is 13.3 Å². The first-order valence-corrected chi connectivity index (χ1v) is 5.24. The molecule has 16 heavy (non-hydrogen) atoms. The zero-order valence-corrected chi connectivity index (χ0v) is 8.97. The number of carbonyl (C=O) groups is 2. The Balaban J connectivity index is 2.12. The van der Waals surface area contributed by atoms with Crippen LogP contribution in [0.25, 0.3) is 0 Å². The van der Waals surface area contributed by atoms with E-state index in [9.17, 15) is 9.59 Å². The Morgan fingerprint density at radius 1 is 1.62 bits per heavy atom. The van der Waals surface area contributed by atoms with Crippen molar-refractivity contribution < 1.29 is 19.5 Å². The van der Waals surface area contributed by atoms with Crippen molar-refractivity contribution in [3.05, 3.63) is 11.8 Å². The minimum atomic E-state index is -0.443. The summed E-state index contributed by atoms with van der Waals surface area (Å²) >= 11 is 0. The van der Waals surface area contributed by atoms with Crippen LogP contribution in [-0.2, 0) is 14.4 Å². The molecule has 0 aromatic rings. The molecule has 2 heterocycles. The fraction of sp³-hybridized carbons (Fsp3) is 0.600. The van der Waals surface area contributed by atoms with Crippen molar-refractivity contribution in [3.8, 4) is 0 Å². The molecule has 0 spiro atoms. The van der Waals surface area contributed by atoms with Gasteiger partial charge < -0.3 is 5.11 Å². The highest BCUT2D eigenvalue weighted by atomic mass is 16.7. The summed E-state index contributed by atoms with van der Waals surface area (Å²) < 4.78 is 0. The largest absolute Gasteiger partial charge is 0.394 e. The third kappa shape index (κ3) is 1.94. The average Bonchev–Trinajstić information content (AvgIpc) is 2.71. The van der Waals surface area contributed by atoms with Crippen LogP contribution in [0.2, 0.25) is 0 Å². The van der Waals surface area contributed by atoms with Gasteiger partial charge in [0.25, 0.3) is 5.91 Å². The first-order chi connectivity index (χ1) is 7.61. The fourth-order valence-corrected chi connectivity index (χ4v) is 1.72. The SMILES string of the molecule is CC1C=C(N2CC[C@@H](CO)O2)C(=O)NC1=O. The zero-order valence-electron chi connectivity index (χ0n) is 8.97. The van der Waals surface area contributed by atoms with E-state index in [1.165, 1.54) is 5.06 Å². The minimum absolute atomic E-state index is 0.0696. The quantitative estimate of drug-likeness (QED) is 0.600. The molecule has 2 amide bonds. The molecule has 0 aromatic carbocycles. The topological polar surface area (TPSA) is 78.9 Å². The molecular weight excluding hydrogens is 212 g/mol. The average molecular weight is 226 g/mol. The summed E-state index contributed by atoms with van der Waals surface area (Å²) in [5, 5.41) is 12.6. The molecule has 0 saturated carbocycles. The number of carbonyl (C=O) groups excluding carboxylic acids is 2. The van der Waals surface area contributed by atoms with E-state index in [2.05, 4.69) is 5.32 Å². The molecule has 2 N–H and O–H groups in total. The molecule has 6 heteroatoms. The highest BCUT2D eigenvalue weighted by molar-refractivity contribution is 6.07. The number of aliphatic hydroxyl groups is 1. The first kappa shape index (κ1) is 11.1. The van der Waals surface area contributed by atoms with Gasteiger partial charge in [0.1, 0.15) is 11.8 Å². The molecule has 0 aliphatic carbocycles. The van der Waals surface area contributed by atoms with E-state index < -0.39 is 5.91 Å². The van der Waals surface area contributed by atoms with Crippen LogP contribution in [0.3, 0.4) is 0 Å². The van der Waals surface area contributed by atoms with Gasteiger partial charge in [0.15, 0.2) is 0 Å². The third-order valence-corrected chi connectivity index (χ3v) is 2.69. The number of hydrogen-bond acceptors (Lipinski definition) is 5. The molecule has 2 aliphatic heterocycles. The molecule has 0 bridgehead atoms. The van der Waals surface area contributed by atoms with Crippen LogP contribution in [0, 0.1) is 5.92 Å². The number of imide groups is 1. The van der Waals surface area contributed by atoms with E-state index in [0.29, 0.717) is 18.7 Å². The number of rotatable bonds is 2. The van der Waals surface area contributed by atoms with Gasteiger partial charge in [-0.1, -0.05) is 0 Å². The van der Waals surface area contributed by atoms with Crippen molar-refractivity contribution in [1.29, 1.82) is 0 Å². The van der Waals surface area contributed by atoms with Crippen molar-refractivity contribution in [2.75, 3.05) is 13.2 Å². The predicted octanol–water partition coefficient (Wildman–Crippen LogP) is -0.839. The smallest absolute Gasteiger partial charge is 0.276 e. The number of amides is 2. The van der Waals surface area contributed by atoms with Gasteiger partial charge in [-0.2, -0.15) is 0 Å². The lowest BCUT2D eigenvalue weighted by atomic mass is 10.1. The summed E-state index contributed by atoms with van der Waals surface area (Å²) in [7, 11) is 0. The molecule has 1 fully saturated rings. The van der Waals surface area contributed by atoms with E-state index in [0.717, 1.165) is 0 Å². The Morgan fingerprint density at radius 3 is 3.00 bits per heavy atom. The minimum Gasteiger partial charge on any atom is -0.394 e. The summed E-state index contributed by atoms with van der Waals surface area (Å²) in [6.45, 7) is 2.19. The van der Waals surface area contributed by atoms with Crippen LogP contribution in [0.5, 0.6) is 0 Å². The lowest BCUT2D eigenvalue weighted by Gasteiger charge is -2.24. The van der Waals surface area contributed by atoms with E-state index in [4.69, 9.17) is 9.94 Å². The summed E-state index contributed by atoms with van der Waals surface area (Å²) in [6.07, 6.45) is 1.99. The lowest BCUT2D eigenvalue weighted by Crippen LogP contribution is -2.43. The van der Waals surface area contributed by atoms with Crippen molar-refractivity contribution in [2.45, 2.75) is 19.4 Å². The molecule has 1 unspecified atom stereocenters. The molecule has 0 aromatic heterocycles. The van der Waals surface area contributed by atoms with Gasteiger partial charge in [-0.25, -0.2) is 5.06 Å². The Morgan fingerprint density at radius 2 is 2.38 bits per heavy atom. The second-order valence-corrected chi connectivity index (χ2v) is 3.96. The van der Waals surface area contributed by atoms with Crippen molar-refractivity contribution in [2.24, 2.45) is 5.92 Å². The van der Waals surface area contributed by atoms with Crippen LogP contribution in [0.4, 0.5) is 0 Å². The first-order valence-electron chi connectivity index (χ1n) is 5.24. The molecule has 6 nitrogen and oxygen atoms in total. The van der Waals surface area contributed by atoms with Crippen molar-refractivity contribution in [3.63, 3.8) is 0 Å². The molecule has 2 aliphatic rings. The third-order valence-electron chi connectivity index (χ3n) is 2.69. The maximum absolute atomic E-state index is 11.5. The van der Waals surface area contributed by atoms with Crippen molar-refractivity contribution >= 4 is 11.8 Å². The van der Waals surface area contributed by atoms with Gasteiger partial charge in [0, 0.05) is 6.54 Å². The lowest BCUT2D eigenvalue weighted by molar-refractivity contribution is -0.149. The zero-order chi connectivity index (χ0) is 11.7. The highest BCUT2D eigenvalue weighted by Gasteiger charge is 2.32. The molecular formula is C10H14N2O4. The van der Waals surface area contributed by atoms with E-state index in [1.54, 1.807) is 13.0 Å². The van der Waals surface area contributed by atoms with Crippen LogP contribution in [0.15, 0.2) is 11.8 Å². The second-order valence-electron chi connectivity index (χ2n) is 3.96. The van der Waals surface area contributed by atoms with Crippen molar-refractivity contribution in [1.82, 2.24) is 10.4 Å². The monoisotopic (exact) mass is 226 g/mol. The maximum atomic E-state index is 11.5. The van der Waals surface area contributed by atoms with Gasteiger partial charge in [-0.05, 0) is 19.4 Å². The number of hydrogen-bond donors (Lipinski definition) is 2. The van der Waals surface area contributed by atoms with E-state index >= 15 is 0 Å². The Kier molecular flexibility index (Phi) is 2.93. The van der Waals surface area contributed by atoms with Gasteiger partial charge >= 0.3 is 0 Å². The predicted molar refractivity (Wildman–Crippen MR) is 53.7 cm³/mol. The van der Waals surface area contributed by atoms with Gasteiger partial charge in [-0.15, -0.1) is 0 Å². The summed E-state index contributed by atoms with van der Waals surface area (Å²) in [5.41, 5.74) is 0.350. The maximum Gasteiger partial charge on any atom is 0.276 e. The number of nitrogens with zero attached hydrogens (tertiary/aromatic N) is 1. The van der Waals surface area contributed by atoms with Gasteiger partial charge in [0.05, 0.1) is 12.5 Å². The fourth-order valence-electron chi connectivity index (χ4n) is 1.72. The Hall–Kier alpha value is -1.40. The standard InChI is InChI=1S/C10H14N2O4/c1-6-4-8(10(15)11-9(6)14)12-3-2-7(5-13)16-12/h4,6-7,13H,2-3,5H2,1H3,(H,11,14,15)/t6?,7-/m0/s1. The van der Waals surface area contributed by atoms with Crippen LogP contribution < -0.4 is 5.32 Å². The summed E-state index contributed by atoms with van der Waals surface area (Å²) in [6, 6.07) is 0. The van der Waals surface area contributed by atoms with Crippen LogP contribution >= 0.6 is 0 Å². The van der Waals surface area contributed by atoms with Gasteiger partial charge in [0.2, 0.25) is 5.91 Å². The molecule has 2 rings (SSSR count). The molecule has 2 atom stereocenters. The number of hydroxylamine groups is 2. The molecule has 1 saturated heterocycles.